The molecule has 0 bridgehead atoms. The highest BCUT2D eigenvalue weighted by molar-refractivity contribution is 5.95. The Bertz CT molecular complexity index is 626. The third kappa shape index (κ3) is 2.89. The van der Waals surface area contributed by atoms with Crippen molar-refractivity contribution in [3.8, 4) is 17.2 Å². The zero-order valence-electron chi connectivity index (χ0n) is 11.1. The molecule has 0 aliphatic heterocycles. The molecule has 0 fully saturated rings. The first-order chi connectivity index (χ1) is 9.65. The van der Waals surface area contributed by atoms with Crippen LogP contribution < -0.4 is 20.9 Å². The van der Waals surface area contributed by atoms with Crippen molar-refractivity contribution >= 4 is 5.91 Å². The molecule has 2 aromatic carbocycles. The molecule has 5 heteroatoms. The summed E-state index contributed by atoms with van der Waals surface area (Å²) >= 11 is 0. The van der Waals surface area contributed by atoms with Crippen molar-refractivity contribution in [2.45, 2.75) is 6.54 Å². The van der Waals surface area contributed by atoms with Gasteiger partial charge in [-0.1, -0.05) is 18.2 Å². The summed E-state index contributed by atoms with van der Waals surface area (Å²) in [7, 11) is 1.57. The lowest BCUT2D eigenvalue weighted by molar-refractivity contribution is 0.0998. The quantitative estimate of drug-likeness (QED) is 0.872. The Morgan fingerprint density at radius 2 is 1.90 bits per heavy atom. The minimum absolute atomic E-state index is 0.318. The molecule has 0 radical (unpaired) electrons. The standard InChI is InChI=1S/C15H16N2O3/c1-19-11-7-6-10(9-16)14(8-11)20-13-5-3-2-4-12(13)15(17)18/h2-8H,9,16H2,1H3,(H2,17,18). The van der Waals surface area contributed by atoms with Crippen molar-refractivity contribution in [1.82, 2.24) is 0 Å². The molecule has 20 heavy (non-hydrogen) atoms. The van der Waals surface area contributed by atoms with Gasteiger partial charge in [0, 0.05) is 18.2 Å². The molecule has 1 amide bonds. The number of methoxy groups -OCH3 is 1. The third-order valence-corrected chi connectivity index (χ3v) is 2.87. The average molecular weight is 272 g/mol. The van der Waals surface area contributed by atoms with E-state index in [0.29, 0.717) is 29.4 Å². The van der Waals surface area contributed by atoms with E-state index in [0.717, 1.165) is 5.56 Å². The second kappa shape index (κ2) is 6.08. The van der Waals surface area contributed by atoms with E-state index in [1.807, 2.05) is 6.07 Å². The first-order valence-electron chi connectivity index (χ1n) is 6.09. The number of benzene rings is 2. The van der Waals surface area contributed by atoms with Crippen molar-refractivity contribution in [2.75, 3.05) is 7.11 Å². The average Bonchev–Trinajstić information content (AvgIpc) is 2.47. The molecule has 4 N–H and O–H groups in total. The number of ether oxygens (including phenoxy) is 2. The van der Waals surface area contributed by atoms with E-state index in [9.17, 15) is 4.79 Å². The number of nitrogens with two attached hydrogens (primary N) is 2. The summed E-state index contributed by atoms with van der Waals surface area (Å²) in [5, 5.41) is 0. The summed E-state index contributed by atoms with van der Waals surface area (Å²) in [5.41, 5.74) is 12.1. The zero-order valence-corrected chi connectivity index (χ0v) is 11.1. The first kappa shape index (κ1) is 13.9. The summed E-state index contributed by atoms with van der Waals surface area (Å²) in [6.07, 6.45) is 0. The Hall–Kier alpha value is -2.53. The van der Waals surface area contributed by atoms with Crippen molar-refractivity contribution in [2.24, 2.45) is 11.5 Å². The maximum absolute atomic E-state index is 11.4. The second-order valence-electron chi connectivity index (χ2n) is 4.14. The number of primary amides is 1. The Labute approximate surface area is 117 Å². The summed E-state index contributed by atoms with van der Waals surface area (Å²) in [4.78, 5) is 11.4. The van der Waals surface area contributed by atoms with Crippen LogP contribution in [0.2, 0.25) is 0 Å². The molecule has 0 atom stereocenters. The first-order valence-corrected chi connectivity index (χ1v) is 6.09. The zero-order chi connectivity index (χ0) is 14.5. The van der Waals surface area contributed by atoms with Crippen LogP contribution in [-0.4, -0.2) is 13.0 Å². The molecule has 0 saturated heterocycles. The van der Waals surface area contributed by atoms with Crippen LogP contribution in [0.4, 0.5) is 0 Å². The number of hydrogen-bond donors (Lipinski definition) is 2. The lowest BCUT2D eigenvalue weighted by atomic mass is 10.1. The van der Waals surface area contributed by atoms with E-state index >= 15 is 0 Å². The van der Waals surface area contributed by atoms with Crippen LogP contribution >= 0.6 is 0 Å². The molecule has 2 rings (SSSR count). The van der Waals surface area contributed by atoms with E-state index < -0.39 is 5.91 Å². The van der Waals surface area contributed by atoms with Gasteiger partial charge in [-0.15, -0.1) is 0 Å². The molecular formula is C15H16N2O3. The van der Waals surface area contributed by atoms with Gasteiger partial charge in [-0.25, -0.2) is 0 Å². The molecule has 0 unspecified atom stereocenters. The molecule has 0 saturated carbocycles. The summed E-state index contributed by atoms with van der Waals surface area (Å²) in [6.45, 7) is 0.318. The van der Waals surface area contributed by atoms with Gasteiger partial charge in [-0.3, -0.25) is 4.79 Å². The fraction of sp³-hybridized carbons (Fsp3) is 0.133. The summed E-state index contributed by atoms with van der Waals surface area (Å²) < 4.78 is 10.9. The minimum atomic E-state index is -0.544. The Balaban J connectivity index is 2.41. The maximum atomic E-state index is 11.4. The highest BCUT2D eigenvalue weighted by Gasteiger charge is 2.12. The van der Waals surface area contributed by atoms with Gasteiger partial charge in [0.15, 0.2) is 0 Å². The lowest BCUT2D eigenvalue weighted by Gasteiger charge is -2.13. The monoisotopic (exact) mass is 272 g/mol. The highest BCUT2D eigenvalue weighted by atomic mass is 16.5. The number of carbonyl (C=O) groups is 1. The van der Waals surface area contributed by atoms with E-state index in [4.69, 9.17) is 20.9 Å². The third-order valence-electron chi connectivity index (χ3n) is 2.87. The van der Waals surface area contributed by atoms with E-state index in [1.165, 1.54) is 0 Å². The smallest absolute Gasteiger partial charge is 0.252 e. The van der Waals surface area contributed by atoms with Crippen molar-refractivity contribution in [3.05, 3.63) is 53.6 Å². The van der Waals surface area contributed by atoms with Crippen molar-refractivity contribution < 1.29 is 14.3 Å². The van der Waals surface area contributed by atoms with Crippen molar-refractivity contribution in [1.29, 1.82) is 0 Å². The normalized spacial score (nSPS) is 10.1. The van der Waals surface area contributed by atoms with Crippen LogP contribution in [0, 0.1) is 0 Å². The SMILES string of the molecule is COc1ccc(CN)c(Oc2ccccc2C(N)=O)c1. The predicted molar refractivity (Wildman–Crippen MR) is 75.9 cm³/mol. The molecule has 0 spiro atoms. The summed E-state index contributed by atoms with van der Waals surface area (Å²) in [6, 6.07) is 12.1. The fourth-order valence-electron chi connectivity index (χ4n) is 1.80. The molecule has 0 aliphatic rings. The van der Waals surface area contributed by atoms with Crippen molar-refractivity contribution in [3.63, 3.8) is 0 Å². The van der Waals surface area contributed by atoms with Crippen LogP contribution in [-0.2, 0) is 6.54 Å². The predicted octanol–water partition coefficient (Wildman–Crippen LogP) is 2.05. The maximum Gasteiger partial charge on any atom is 0.252 e. The van der Waals surface area contributed by atoms with Gasteiger partial charge in [0.05, 0.1) is 12.7 Å². The van der Waals surface area contributed by atoms with Gasteiger partial charge in [-0.2, -0.15) is 0 Å². The van der Waals surface area contributed by atoms with E-state index in [2.05, 4.69) is 0 Å². The van der Waals surface area contributed by atoms with E-state index in [-0.39, 0.29) is 0 Å². The lowest BCUT2D eigenvalue weighted by Crippen LogP contribution is -2.12. The molecule has 0 aliphatic carbocycles. The number of carbonyl (C=O) groups excluding carboxylic acids is 1. The van der Waals surface area contributed by atoms with Gasteiger partial charge in [0.1, 0.15) is 17.2 Å². The molecule has 5 nitrogen and oxygen atoms in total. The Kier molecular flexibility index (Phi) is 4.22. The second-order valence-corrected chi connectivity index (χ2v) is 4.14. The highest BCUT2D eigenvalue weighted by Crippen LogP contribution is 2.31. The van der Waals surface area contributed by atoms with Gasteiger partial charge in [-0.05, 0) is 18.2 Å². The largest absolute Gasteiger partial charge is 0.497 e. The molecule has 2 aromatic rings. The number of hydrogen-bond acceptors (Lipinski definition) is 4. The Morgan fingerprint density at radius 1 is 1.15 bits per heavy atom. The number of rotatable bonds is 5. The molecule has 0 aromatic heterocycles. The van der Waals surface area contributed by atoms with Crippen LogP contribution in [0.5, 0.6) is 17.2 Å². The molecule has 104 valence electrons. The van der Waals surface area contributed by atoms with Crippen LogP contribution in [0.15, 0.2) is 42.5 Å². The van der Waals surface area contributed by atoms with Crippen LogP contribution in [0.3, 0.4) is 0 Å². The fourth-order valence-corrected chi connectivity index (χ4v) is 1.80. The minimum Gasteiger partial charge on any atom is -0.497 e. The number of para-hydroxylation sites is 1. The topological polar surface area (TPSA) is 87.6 Å². The van der Waals surface area contributed by atoms with Crippen LogP contribution in [0.25, 0.3) is 0 Å². The van der Waals surface area contributed by atoms with Crippen LogP contribution in [0.1, 0.15) is 15.9 Å². The van der Waals surface area contributed by atoms with Gasteiger partial charge < -0.3 is 20.9 Å². The van der Waals surface area contributed by atoms with E-state index in [1.54, 1.807) is 43.5 Å². The molecule has 0 heterocycles. The molecular weight excluding hydrogens is 256 g/mol. The van der Waals surface area contributed by atoms with Gasteiger partial charge in [0.25, 0.3) is 5.91 Å². The van der Waals surface area contributed by atoms with Gasteiger partial charge >= 0.3 is 0 Å². The van der Waals surface area contributed by atoms with Gasteiger partial charge in [0.2, 0.25) is 0 Å². The summed E-state index contributed by atoms with van der Waals surface area (Å²) in [5.74, 6) is 1.04. The number of amides is 1. The Morgan fingerprint density at radius 3 is 2.55 bits per heavy atom.